The van der Waals surface area contributed by atoms with Crippen LogP contribution in [0.4, 0.5) is 0 Å². The van der Waals surface area contributed by atoms with Gasteiger partial charge in [0, 0.05) is 24.8 Å². The summed E-state index contributed by atoms with van der Waals surface area (Å²) in [7, 11) is 0. The molecule has 3 heteroatoms. The third kappa shape index (κ3) is 2.85. The third-order valence-corrected chi connectivity index (χ3v) is 3.39. The molecule has 0 aromatic carbocycles. The zero-order chi connectivity index (χ0) is 11.8. The highest BCUT2D eigenvalue weighted by Gasteiger charge is 2.25. The molecule has 0 aliphatic heterocycles. The highest BCUT2D eigenvalue weighted by atomic mass is 15.1. The van der Waals surface area contributed by atoms with Crippen molar-refractivity contribution >= 4 is 0 Å². The van der Waals surface area contributed by atoms with E-state index in [1.165, 1.54) is 18.5 Å². The van der Waals surface area contributed by atoms with Crippen LogP contribution in [0.5, 0.6) is 0 Å². The highest BCUT2D eigenvalue weighted by molar-refractivity contribution is 5.08. The Labute approximate surface area is 98.3 Å². The van der Waals surface area contributed by atoms with E-state index in [-0.39, 0.29) is 0 Å². The first-order chi connectivity index (χ1) is 7.48. The summed E-state index contributed by atoms with van der Waals surface area (Å²) in [5.41, 5.74) is 2.73. The van der Waals surface area contributed by atoms with Gasteiger partial charge in [-0.25, -0.2) is 4.98 Å². The first kappa shape index (κ1) is 11.6. The van der Waals surface area contributed by atoms with Gasteiger partial charge >= 0.3 is 0 Å². The fourth-order valence-corrected chi connectivity index (χ4v) is 1.93. The Morgan fingerprint density at radius 2 is 2.12 bits per heavy atom. The zero-order valence-electron chi connectivity index (χ0n) is 10.9. The normalized spacial score (nSPS) is 16.8. The quantitative estimate of drug-likeness (QED) is 0.826. The van der Waals surface area contributed by atoms with Crippen molar-refractivity contribution < 1.29 is 0 Å². The summed E-state index contributed by atoms with van der Waals surface area (Å²) in [5, 5.41) is 3.61. The largest absolute Gasteiger partial charge is 0.334 e. The molecule has 2 rings (SSSR count). The molecule has 1 aromatic rings. The van der Waals surface area contributed by atoms with Crippen molar-refractivity contribution in [2.45, 2.75) is 53.1 Å². The lowest BCUT2D eigenvalue weighted by molar-refractivity contribution is 0.286. The van der Waals surface area contributed by atoms with E-state index >= 15 is 0 Å². The SMILES string of the molecule is Cc1ncn(CC(C)(C)CNC2CC2)c1C. The second kappa shape index (κ2) is 4.21. The van der Waals surface area contributed by atoms with Crippen molar-refractivity contribution in [2.24, 2.45) is 5.41 Å². The molecule has 1 fully saturated rings. The van der Waals surface area contributed by atoms with Gasteiger partial charge in [-0.15, -0.1) is 0 Å². The maximum atomic E-state index is 4.35. The van der Waals surface area contributed by atoms with Crippen molar-refractivity contribution in [3.63, 3.8) is 0 Å². The summed E-state index contributed by atoms with van der Waals surface area (Å²) in [4.78, 5) is 4.35. The second-order valence-electron chi connectivity index (χ2n) is 5.86. The molecule has 16 heavy (non-hydrogen) atoms. The Morgan fingerprint density at radius 3 is 2.62 bits per heavy atom. The molecule has 3 nitrogen and oxygen atoms in total. The van der Waals surface area contributed by atoms with Crippen molar-refractivity contribution in [3.8, 4) is 0 Å². The van der Waals surface area contributed by atoms with Crippen LogP contribution >= 0.6 is 0 Å². The second-order valence-corrected chi connectivity index (χ2v) is 5.86. The number of nitrogens with one attached hydrogen (secondary N) is 1. The first-order valence-electron chi connectivity index (χ1n) is 6.20. The Morgan fingerprint density at radius 1 is 1.44 bits per heavy atom. The smallest absolute Gasteiger partial charge is 0.0951 e. The lowest BCUT2D eigenvalue weighted by atomic mass is 9.93. The molecular formula is C13H23N3. The van der Waals surface area contributed by atoms with Gasteiger partial charge in [-0.3, -0.25) is 0 Å². The Balaban J connectivity index is 1.93. The summed E-state index contributed by atoms with van der Waals surface area (Å²) >= 11 is 0. The van der Waals surface area contributed by atoms with Crippen LogP contribution in [0, 0.1) is 19.3 Å². The molecule has 1 saturated carbocycles. The van der Waals surface area contributed by atoms with Crippen LogP contribution in [0.3, 0.4) is 0 Å². The van der Waals surface area contributed by atoms with Crippen LogP contribution < -0.4 is 5.32 Å². The van der Waals surface area contributed by atoms with Gasteiger partial charge in [-0.1, -0.05) is 13.8 Å². The molecule has 0 amide bonds. The molecule has 0 radical (unpaired) electrons. The zero-order valence-corrected chi connectivity index (χ0v) is 10.9. The molecule has 0 unspecified atom stereocenters. The van der Waals surface area contributed by atoms with Crippen LogP contribution in [0.2, 0.25) is 0 Å². The lowest BCUT2D eigenvalue weighted by Crippen LogP contribution is -2.34. The molecule has 1 heterocycles. The number of rotatable bonds is 5. The molecule has 1 aliphatic rings. The standard InChI is InChI=1S/C13H23N3/c1-10-11(2)16(9-15-10)8-13(3,4)7-14-12-5-6-12/h9,12,14H,5-8H2,1-4H3. The van der Waals surface area contributed by atoms with Gasteiger partial charge in [0.2, 0.25) is 0 Å². The molecular weight excluding hydrogens is 198 g/mol. The van der Waals surface area contributed by atoms with Gasteiger partial charge in [0.15, 0.2) is 0 Å². The highest BCUT2D eigenvalue weighted by Crippen LogP contribution is 2.23. The van der Waals surface area contributed by atoms with E-state index in [4.69, 9.17) is 0 Å². The van der Waals surface area contributed by atoms with E-state index < -0.39 is 0 Å². The molecule has 0 bridgehead atoms. The minimum atomic E-state index is 0.292. The molecule has 1 aromatic heterocycles. The predicted octanol–water partition coefficient (Wildman–Crippen LogP) is 2.28. The average molecular weight is 221 g/mol. The summed E-state index contributed by atoms with van der Waals surface area (Å²) < 4.78 is 2.27. The maximum absolute atomic E-state index is 4.35. The molecule has 1 aliphatic carbocycles. The molecule has 0 atom stereocenters. The van der Waals surface area contributed by atoms with Gasteiger partial charge in [0.25, 0.3) is 0 Å². The topological polar surface area (TPSA) is 29.9 Å². The van der Waals surface area contributed by atoms with E-state index in [9.17, 15) is 0 Å². The maximum Gasteiger partial charge on any atom is 0.0951 e. The van der Waals surface area contributed by atoms with Crippen molar-refractivity contribution in [2.75, 3.05) is 6.54 Å². The van der Waals surface area contributed by atoms with Crippen LogP contribution in [-0.2, 0) is 6.54 Å². The minimum Gasteiger partial charge on any atom is -0.334 e. The number of hydrogen-bond donors (Lipinski definition) is 1. The summed E-state index contributed by atoms with van der Waals surface area (Å²) in [6.07, 6.45) is 4.68. The number of imidazole rings is 1. The number of hydrogen-bond acceptors (Lipinski definition) is 2. The van der Waals surface area contributed by atoms with Crippen LogP contribution in [0.1, 0.15) is 38.1 Å². The monoisotopic (exact) mass is 221 g/mol. The molecule has 0 saturated heterocycles. The molecule has 0 spiro atoms. The van der Waals surface area contributed by atoms with Crippen molar-refractivity contribution in [1.29, 1.82) is 0 Å². The number of aryl methyl sites for hydroxylation is 1. The lowest BCUT2D eigenvalue weighted by Gasteiger charge is -2.26. The van der Waals surface area contributed by atoms with E-state index in [0.717, 1.165) is 24.8 Å². The number of aromatic nitrogens is 2. The average Bonchev–Trinajstić information content (AvgIpc) is 2.99. The van der Waals surface area contributed by atoms with E-state index in [1.54, 1.807) is 0 Å². The van der Waals surface area contributed by atoms with Crippen molar-refractivity contribution in [1.82, 2.24) is 14.9 Å². The first-order valence-corrected chi connectivity index (χ1v) is 6.20. The Kier molecular flexibility index (Phi) is 3.06. The van der Waals surface area contributed by atoms with Crippen LogP contribution in [0.15, 0.2) is 6.33 Å². The molecule has 90 valence electrons. The van der Waals surface area contributed by atoms with Crippen molar-refractivity contribution in [3.05, 3.63) is 17.7 Å². The minimum absolute atomic E-state index is 0.292. The third-order valence-electron chi connectivity index (χ3n) is 3.39. The van der Waals surface area contributed by atoms with Gasteiger partial charge in [0.1, 0.15) is 0 Å². The Hall–Kier alpha value is -0.830. The molecule has 1 N–H and O–H groups in total. The fourth-order valence-electron chi connectivity index (χ4n) is 1.93. The van der Waals surface area contributed by atoms with Crippen LogP contribution in [-0.4, -0.2) is 22.1 Å². The van der Waals surface area contributed by atoms with Gasteiger partial charge in [-0.05, 0) is 32.1 Å². The fraction of sp³-hybridized carbons (Fsp3) is 0.769. The van der Waals surface area contributed by atoms with Crippen LogP contribution in [0.25, 0.3) is 0 Å². The van der Waals surface area contributed by atoms with E-state index in [2.05, 4.69) is 42.6 Å². The van der Waals surface area contributed by atoms with Gasteiger partial charge in [-0.2, -0.15) is 0 Å². The number of nitrogens with zero attached hydrogens (tertiary/aromatic N) is 2. The summed E-state index contributed by atoms with van der Waals surface area (Å²) in [6.45, 7) is 11.0. The van der Waals surface area contributed by atoms with Gasteiger partial charge in [0.05, 0.1) is 12.0 Å². The predicted molar refractivity (Wildman–Crippen MR) is 66.5 cm³/mol. The summed E-state index contributed by atoms with van der Waals surface area (Å²) in [5.74, 6) is 0. The Bertz CT molecular complexity index is 361. The van der Waals surface area contributed by atoms with E-state index in [1.807, 2.05) is 6.33 Å². The van der Waals surface area contributed by atoms with Gasteiger partial charge < -0.3 is 9.88 Å². The summed E-state index contributed by atoms with van der Waals surface area (Å²) in [6, 6.07) is 0.796. The van der Waals surface area contributed by atoms with E-state index in [0.29, 0.717) is 5.41 Å².